The smallest absolute Gasteiger partial charge is 0.271 e. The van der Waals surface area contributed by atoms with E-state index in [9.17, 15) is 23.3 Å². The number of carbonyl (C=O) groups is 1. The largest absolute Gasteiger partial charge is 0.355 e. The lowest BCUT2D eigenvalue weighted by Crippen LogP contribution is -2.21. The maximum absolute atomic E-state index is 11.4. The molecule has 0 bridgehead atoms. The van der Waals surface area contributed by atoms with E-state index in [0.717, 1.165) is 6.07 Å². The van der Waals surface area contributed by atoms with Gasteiger partial charge in [0.2, 0.25) is 10.0 Å². The summed E-state index contributed by atoms with van der Waals surface area (Å²) in [6, 6.07) is 1.57. The molecular formula is C8H8ClN3O5S. The Bertz CT molecular complexity index is 628. The van der Waals surface area contributed by atoms with E-state index in [4.69, 9.17) is 16.7 Å². The fraction of sp³-hybridized carbons (Fsp3) is 0.125. The lowest BCUT2D eigenvalue weighted by Gasteiger charge is -2.07. The van der Waals surface area contributed by atoms with Gasteiger partial charge in [0.25, 0.3) is 11.6 Å². The molecule has 0 spiro atoms. The van der Waals surface area contributed by atoms with Crippen molar-refractivity contribution in [2.24, 2.45) is 5.14 Å². The minimum Gasteiger partial charge on any atom is -0.355 e. The molecular weight excluding hydrogens is 286 g/mol. The number of primary sulfonamides is 1. The number of nitro groups is 1. The van der Waals surface area contributed by atoms with Crippen LogP contribution >= 0.6 is 11.6 Å². The van der Waals surface area contributed by atoms with E-state index in [0.29, 0.717) is 6.07 Å². The number of nitro benzene ring substituents is 1. The topological polar surface area (TPSA) is 132 Å². The second-order valence-electron chi connectivity index (χ2n) is 3.19. The number of nitrogens with zero attached hydrogens (tertiary/aromatic N) is 1. The van der Waals surface area contributed by atoms with Gasteiger partial charge in [-0.2, -0.15) is 0 Å². The number of sulfonamides is 1. The lowest BCUT2D eigenvalue weighted by atomic mass is 10.2. The molecule has 98 valence electrons. The summed E-state index contributed by atoms with van der Waals surface area (Å²) in [6.45, 7) is 0. The monoisotopic (exact) mass is 293 g/mol. The number of hydrogen-bond donors (Lipinski definition) is 2. The molecule has 0 aliphatic rings. The summed E-state index contributed by atoms with van der Waals surface area (Å²) >= 11 is 5.70. The van der Waals surface area contributed by atoms with Gasteiger partial charge in [-0.3, -0.25) is 14.9 Å². The Kier molecular flexibility index (Phi) is 3.89. The van der Waals surface area contributed by atoms with Gasteiger partial charge >= 0.3 is 0 Å². The Morgan fingerprint density at radius 3 is 2.44 bits per heavy atom. The highest BCUT2D eigenvalue weighted by Crippen LogP contribution is 2.29. The molecule has 0 aliphatic heterocycles. The molecule has 0 atom stereocenters. The standard InChI is InChI=1S/C8H8ClN3O5S/c1-11-8(13)5-2-4(12(14)15)3-6(7(5)9)18(10,16)17/h2-3H,1H3,(H,11,13)(H2,10,16,17). The summed E-state index contributed by atoms with van der Waals surface area (Å²) < 4.78 is 22.5. The van der Waals surface area contributed by atoms with Crippen LogP contribution in [-0.4, -0.2) is 26.3 Å². The molecule has 0 saturated carbocycles. The van der Waals surface area contributed by atoms with Crippen molar-refractivity contribution in [3.8, 4) is 0 Å². The summed E-state index contributed by atoms with van der Waals surface area (Å²) in [5, 5.41) is 17.2. The number of amides is 1. The van der Waals surface area contributed by atoms with E-state index in [1.54, 1.807) is 0 Å². The molecule has 0 saturated heterocycles. The number of rotatable bonds is 3. The van der Waals surface area contributed by atoms with Crippen LogP contribution in [0, 0.1) is 10.1 Å². The van der Waals surface area contributed by atoms with E-state index >= 15 is 0 Å². The zero-order valence-corrected chi connectivity index (χ0v) is 10.6. The van der Waals surface area contributed by atoms with Crippen molar-refractivity contribution in [2.75, 3.05) is 7.05 Å². The molecule has 0 radical (unpaired) electrons. The maximum Gasteiger partial charge on any atom is 0.271 e. The van der Waals surface area contributed by atoms with Crippen LogP contribution in [0.1, 0.15) is 10.4 Å². The first kappa shape index (κ1) is 14.4. The Hall–Kier alpha value is -1.71. The maximum atomic E-state index is 11.4. The molecule has 1 amide bonds. The molecule has 3 N–H and O–H groups in total. The molecule has 1 rings (SSSR count). The van der Waals surface area contributed by atoms with Gasteiger partial charge in [0.05, 0.1) is 15.5 Å². The number of nitrogens with two attached hydrogens (primary N) is 1. The van der Waals surface area contributed by atoms with Gasteiger partial charge in [0.1, 0.15) is 4.90 Å². The van der Waals surface area contributed by atoms with E-state index in [1.165, 1.54) is 7.05 Å². The third-order valence-electron chi connectivity index (χ3n) is 2.01. The first-order chi connectivity index (χ1) is 8.18. The molecule has 8 nitrogen and oxygen atoms in total. The molecule has 1 aromatic carbocycles. The Labute approximate surface area is 107 Å². The number of halogens is 1. The Morgan fingerprint density at radius 2 is 2.06 bits per heavy atom. The van der Waals surface area contributed by atoms with E-state index in [2.05, 4.69) is 5.32 Å². The van der Waals surface area contributed by atoms with Crippen molar-refractivity contribution < 1.29 is 18.1 Å². The van der Waals surface area contributed by atoms with Crippen molar-refractivity contribution in [3.63, 3.8) is 0 Å². The van der Waals surface area contributed by atoms with Gasteiger partial charge < -0.3 is 5.32 Å². The zero-order chi connectivity index (χ0) is 14.1. The summed E-state index contributed by atoms with van der Waals surface area (Å²) in [5.41, 5.74) is -0.931. The van der Waals surface area contributed by atoms with Gasteiger partial charge in [-0.05, 0) is 0 Å². The number of benzene rings is 1. The molecule has 1 aromatic rings. The molecule has 10 heteroatoms. The van der Waals surface area contributed by atoms with Gasteiger partial charge in [0.15, 0.2) is 0 Å². The average molecular weight is 294 g/mol. The van der Waals surface area contributed by atoms with Crippen LogP contribution in [0.4, 0.5) is 5.69 Å². The number of non-ortho nitro benzene ring substituents is 1. The summed E-state index contributed by atoms with van der Waals surface area (Å²) in [5.74, 6) is -0.756. The summed E-state index contributed by atoms with van der Waals surface area (Å²) in [6.07, 6.45) is 0. The molecule has 0 aliphatic carbocycles. The van der Waals surface area contributed by atoms with Crippen LogP contribution in [0.2, 0.25) is 5.02 Å². The predicted molar refractivity (Wildman–Crippen MR) is 62.9 cm³/mol. The highest BCUT2D eigenvalue weighted by molar-refractivity contribution is 7.89. The van der Waals surface area contributed by atoms with E-state index in [-0.39, 0.29) is 5.56 Å². The van der Waals surface area contributed by atoms with Gasteiger partial charge in [-0.15, -0.1) is 0 Å². The van der Waals surface area contributed by atoms with E-state index in [1.807, 2.05) is 0 Å². The Balaban J connectivity index is 3.69. The number of hydrogen-bond acceptors (Lipinski definition) is 5. The first-order valence-electron chi connectivity index (χ1n) is 4.41. The minimum atomic E-state index is -4.27. The van der Waals surface area contributed by atoms with Gasteiger partial charge in [-0.1, -0.05) is 11.6 Å². The predicted octanol–water partition coefficient (Wildman–Crippen LogP) is 0.255. The van der Waals surface area contributed by atoms with Crippen molar-refractivity contribution in [1.82, 2.24) is 5.32 Å². The average Bonchev–Trinajstić information content (AvgIpc) is 2.26. The quantitative estimate of drug-likeness (QED) is 0.609. The number of carbonyl (C=O) groups excluding carboxylic acids is 1. The fourth-order valence-electron chi connectivity index (χ4n) is 1.20. The molecule has 0 unspecified atom stereocenters. The van der Waals surface area contributed by atoms with Crippen LogP contribution in [-0.2, 0) is 10.0 Å². The highest BCUT2D eigenvalue weighted by Gasteiger charge is 2.24. The lowest BCUT2D eigenvalue weighted by molar-refractivity contribution is -0.385. The molecule has 18 heavy (non-hydrogen) atoms. The summed E-state index contributed by atoms with van der Waals surface area (Å²) in [7, 11) is -3.00. The Morgan fingerprint density at radius 1 is 1.50 bits per heavy atom. The second kappa shape index (κ2) is 4.88. The SMILES string of the molecule is CNC(=O)c1cc([N+](=O)[O-])cc(S(N)(=O)=O)c1Cl. The minimum absolute atomic E-state index is 0.336. The van der Waals surface area contributed by atoms with Gasteiger partial charge in [0, 0.05) is 19.2 Å². The fourth-order valence-corrected chi connectivity index (χ4v) is 2.36. The second-order valence-corrected chi connectivity index (χ2v) is 5.09. The van der Waals surface area contributed by atoms with E-state index < -0.39 is 36.5 Å². The van der Waals surface area contributed by atoms with Crippen LogP contribution in [0.25, 0.3) is 0 Å². The molecule has 0 heterocycles. The van der Waals surface area contributed by atoms with Gasteiger partial charge in [-0.25, -0.2) is 13.6 Å². The third-order valence-corrected chi connectivity index (χ3v) is 3.47. The van der Waals surface area contributed by atoms with Crippen LogP contribution < -0.4 is 10.5 Å². The first-order valence-corrected chi connectivity index (χ1v) is 6.33. The van der Waals surface area contributed by atoms with Crippen LogP contribution in [0.5, 0.6) is 0 Å². The highest BCUT2D eigenvalue weighted by atomic mass is 35.5. The number of nitrogens with one attached hydrogen (secondary N) is 1. The van der Waals surface area contributed by atoms with Crippen molar-refractivity contribution in [2.45, 2.75) is 4.90 Å². The van der Waals surface area contributed by atoms with Crippen molar-refractivity contribution in [3.05, 3.63) is 32.8 Å². The van der Waals surface area contributed by atoms with Crippen LogP contribution in [0.3, 0.4) is 0 Å². The summed E-state index contributed by atoms with van der Waals surface area (Å²) in [4.78, 5) is 20.6. The molecule has 0 fully saturated rings. The van der Waals surface area contributed by atoms with Crippen molar-refractivity contribution >= 4 is 33.2 Å². The third kappa shape index (κ3) is 2.75. The van der Waals surface area contributed by atoms with Crippen LogP contribution in [0.15, 0.2) is 17.0 Å². The molecule has 0 aromatic heterocycles. The normalized spacial score (nSPS) is 11.1. The van der Waals surface area contributed by atoms with Crippen molar-refractivity contribution in [1.29, 1.82) is 0 Å². The zero-order valence-electron chi connectivity index (χ0n) is 9.01.